The molecule has 0 amide bonds. The SMILES string of the molecule is Cc1cc(C(F)(F)F)ccc1C(=O)C1CC2COCC(C1)N2Cc1ccccc1. The summed E-state index contributed by atoms with van der Waals surface area (Å²) in [6, 6.07) is 13.9. The minimum atomic E-state index is -4.40. The first-order valence-corrected chi connectivity index (χ1v) is 9.92. The lowest BCUT2D eigenvalue weighted by Crippen LogP contribution is -2.57. The van der Waals surface area contributed by atoms with Crippen LogP contribution >= 0.6 is 0 Å². The van der Waals surface area contributed by atoms with Gasteiger partial charge in [-0.25, -0.2) is 0 Å². The predicted molar refractivity (Wildman–Crippen MR) is 104 cm³/mol. The number of carbonyl (C=O) groups is 1. The first kappa shape index (κ1) is 20.1. The molecule has 2 bridgehead atoms. The Bertz CT molecular complexity index is 867. The molecular formula is C23H24F3NO2. The number of alkyl halides is 3. The van der Waals surface area contributed by atoms with Gasteiger partial charge in [-0.2, -0.15) is 13.2 Å². The summed E-state index contributed by atoms with van der Waals surface area (Å²) in [6.07, 6.45) is -3.06. The maximum Gasteiger partial charge on any atom is 0.416 e. The second-order valence-electron chi connectivity index (χ2n) is 8.06. The van der Waals surface area contributed by atoms with Crippen molar-refractivity contribution >= 4 is 5.78 Å². The van der Waals surface area contributed by atoms with Crippen molar-refractivity contribution in [2.75, 3.05) is 13.2 Å². The predicted octanol–water partition coefficient (Wildman–Crippen LogP) is 4.88. The molecule has 29 heavy (non-hydrogen) atoms. The summed E-state index contributed by atoms with van der Waals surface area (Å²) >= 11 is 0. The zero-order chi connectivity index (χ0) is 20.6. The number of nitrogens with zero attached hydrogens (tertiary/aromatic N) is 1. The lowest BCUT2D eigenvalue weighted by Gasteiger charge is -2.48. The highest BCUT2D eigenvalue weighted by molar-refractivity contribution is 5.99. The molecule has 0 aromatic heterocycles. The molecule has 3 nitrogen and oxygen atoms in total. The zero-order valence-corrected chi connectivity index (χ0v) is 16.3. The van der Waals surface area contributed by atoms with Crippen LogP contribution in [0.15, 0.2) is 48.5 Å². The summed E-state index contributed by atoms with van der Waals surface area (Å²) < 4.78 is 44.5. The number of ether oxygens (including phenoxy) is 1. The number of fused-ring (bicyclic) bond motifs is 2. The second-order valence-corrected chi connectivity index (χ2v) is 8.06. The van der Waals surface area contributed by atoms with Gasteiger partial charge in [-0.15, -0.1) is 0 Å². The maximum atomic E-state index is 13.1. The number of halogens is 3. The first-order valence-electron chi connectivity index (χ1n) is 9.92. The second kappa shape index (κ2) is 7.92. The summed E-state index contributed by atoms with van der Waals surface area (Å²) in [5.74, 6) is -0.233. The van der Waals surface area contributed by atoms with Gasteiger partial charge in [0.1, 0.15) is 0 Å². The quantitative estimate of drug-likeness (QED) is 0.682. The smallest absolute Gasteiger partial charge is 0.378 e. The fourth-order valence-electron chi connectivity index (χ4n) is 4.59. The van der Waals surface area contributed by atoms with E-state index in [-0.39, 0.29) is 23.8 Å². The Morgan fingerprint density at radius 3 is 2.31 bits per heavy atom. The Balaban J connectivity index is 1.51. The van der Waals surface area contributed by atoms with Crippen molar-refractivity contribution in [3.8, 4) is 0 Å². The summed E-state index contributed by atoms with van der Waals surface area (Å²) in [6.45, 7) is 3.56. The van der Waals surface area contributed by atoms with Gasteiger partial charge in [0.2, 0.25) is 0 Å². The Morgan fingerprint density at radius 2 is 1.72 bits per heavy atom. The molecule has 2 unspecified atom stereocenters. The van der Waals surface area contributed by atoms with Crippen LogP contribution in [0.25, 0.3) is 0 Å². The van der Waals surface area contributed by atoms with Crippen LogP contribution in [0.4, 0.5) is 13.2 Å². The molecule has 2 aliphatic heterocycles. The molecule has 2 aromatic rings. The van der Waals surface area contributed by atoms with Gasteiger partial charge in [0, 0.05) is 30.1 Å². The molecular weight excluding hydrogens is 379 g/mol. The zero-order valence-electron chi connectivity index (χ0n) is 16.3. The molecule has 2 heterocycles. The molecule has 0 spiro atoms. The first-order chi connectivity index (χ1) is 13.8. The van der Waals surface area contributed by atoms with E-state index in [9.17, 15) is 18.0 Å². The molecule has 2 fully saturated rings. The highest BCUT2D eigenvalue weighted by atomic mass is 19.4. The van der Waals surface area contributed by atoms with Crippen LogP contribution in [-0.4, -0.2) is 36.0 Å². The number of piperidine rings is 1. The van der Waals surface area contributed by atoms with Crippen molar-refractivity contribution in [2.45, 2.75) is 44.6 Å². The number of morpholine rings is 1. The lowest BCUT2D eigenvalue weighted by atomic mass is 9.79. The summed E-state index contributed by atoms with van der Waals surface area (Å²) in [7, 11) is 0. The number of aryl methyl sites for hydroxylation is 1. The van der Waals surface area contributed by atoms with E-state index < -0.39 is 11.7 Å². The molecule has 2 saturated heterocycles. The molecule has 2 atom stereocenters. The molecule has 0 radical (unpaired) electrons. The van der Waals surface area contributed by atoms with Crippen molar-refractivity contribution in [2.24, 2.45) is 5.92 Å². The van der Waals surface area contributed by atoms with E-state index in [1.165, 1.54) is 11.6 Å². The Kier molecular flexibility index (Phi) is 5.49. The number of hydrogen-bond acceptors (Lipinski definition) is 3. The Labute approximate surface area is 168 Å². The molecule has 0 N–H and O–H groups in total. The lowest BCUT2D eigenvalue weighted by molar-refractivity contribution is -0.137. The number of carbonyl (C=O) groups excluding carboxylic acids is 1. The number of ketones is 1. The van der Waals surface area contributed by atoms with Gasteiger partial charge in [0.05, 0.1) is 18.8 Å². The van der Waals surface area contributed by atoms with Crippen molar-refractivity contribution in [1.29, 1.82) is 0 Å². The number of rotatable bonds is 4. The fourth-order valence-corrected chi connectivity index (χ4v) is 4.59. The topological polar surface area (TPSA) is 29.5 Å². The van der Waals surface area contributed by atoms with E-state index >= 15 is 0 Å². The largest absolute Gasteiger partial charge is 0.416 e. The summed E-state index contributed by atoms with van der Waals surface area (Å²) in [5.41, 5.74) is 1.30. The van der Waals surface area contributed by atoms with E-state index in [1.54, 1.807) is 6.92 Å². The van der Waals surface area contributed by atoms with Crippen LogP contribution in [0.5, 0.6) is 0 Å². The molecule has 0 saturated carbocycles. The third-order valence-electron chi connectivity index (χ3n) is 6.07. The van der Waals surface area contributed by atoms with E-state index in [1.807, 2.05) is 18.2 Å². The third kappa shape index (κ3) is 4.23. The normalized spacial score (nSPS) is 25.0. The van der Waals surface area contributed by atoms with Crippen LogP contribution in [0.2, 0.25) is 0 Å². The molecule has 2 aliphatic rings. The van der Waals surface area contributed by atoms with E-state index in [0.29, 0.717) is 37.2 Å². The standard InChI is InChI=1S/C23H24F3NO2/c1-15-9-18(23(24,25)26)7-8-21(15)22(28)17-10-19-13-29-14-20(11-17)27(19)12-16-5-3-2-4-6-16/h2-9,17,19-20H,10-14H2,1H3. The van der Waals surface area contributed by atoms with Crippen LogP contribution in [-0.2, 0) is 17.5 Å². The van der Waals surface area contributed by atoms with Crippen molar-refractivity contribution < 1.29 is 22.7 Å². The average Bonchev–Trinajstić information content (AvgIpc) is 2.67. The molecule has 2 aromatic carbocycles. The molecule has 0 aliphatic carbocycles. The maximum absolute atomic E-state index is 13.1. The van der Waals surface area contributed by atoms with Gasteiger partial charge >= 0.3 is 6.18 Å². The number of hydrogen-bond donors (Lipinski definition) is 0. The third-order valence-corrected chi connectivity index (χ3v) is 6.07. The molecule has 6 heteroatoms. The number of benzene rings is 2. The fraction of sp³-hybridized carbons (Fsp3) is 0.435. The molecule has 4 rings (SSSR count). The van der Waals surface area contributed by atoms with Gasteiger partial charge in [0.25, 0.3) is 0 Å². The van der Waals surface area contributed by atoms with Gasteiger partial charge in [0.15, 0.2) is 5.78 Å². The van der Waals surface area contributed by atoms with Crippen LogP contribution in [0.1, 0.15) is 39.9 Å². The molecule has 154 valence electrons. The average molecular weight is 403 g/mol. The monoisotopic (exact) mass is 403 g/mol. The van der Waals surface area contributed by atoms with Crippen LogP contribution < -0.4 is 0 Å². The number of Topliss-reactive ketones (excluding diaryl/α,β-unsaturated/α-hetero) is 1. The Morgan fingerprint density at radius 1 is 1.07 bits per heavy atom. The van der Waals surface area contributed by atoms with Crippen molar-refractivity contribution in [3.05, 3.63) is 70.8 Å². The highest BCUT2D eigenvalue weighted by Crippen LogP contribution is 2.36. The minimum absolute atomic E-state index is 0.0486. The van der Waals surface area contributed by atoms with Gasteiger partial charge in [-0.3, -0.25) is 9.69 Å². The minimum Gasteiger partial charge on any atom is -0.378 e. The van der Waals surface area contributed by atoms with Gasteiger partial charge in [-0.1, -0.05) is 36.4 Å². The highest BCUT2D eigenvalue weighted by Gasteiger charge is 2.41. The van der Waals surface area contributed by atoms with E-state index in [2.05, 4.69) is 17.0 Å². The van der Waals surface area contributed by atoms with E-state index in [4.69, 9.17) is 4.74 Å². The van der Waals surface area contributed by atoms with Crippen molar-refractivity contribution in [3.63, 3.8) is 0 Å². The van der Waals surface area contributed by atoms with Crippen LogP contribution in [0, 0.1) is 12.8 Å². The Hall–Kier alpha value is -2.18. The van der Waals surface area contributed by atoms with Gasteiger partial charge in [-0.05, 0) is 43.0 Å². The summed E-state index contributed by atoms with van der Waals surface area (Å²) in [5, 5.41) is 0. The van der Waals surface area contributed by atoms with Gasteiger partial charge < -0.3 is 4.74 Å². The summed E-state index contributed by atoms with van der Waals surface area (Å²) in [4.78, 5) is 15.6. The van der Waals surface area contributed by atoms with Crippen molar-refractivity contribution in [1.82, 2.24) is 4.90 Å². The van der Waals surface area contributed by atoms with E-state index in [0.717, 1.165) is 18.7 Å². The van der Waals surface area contributed by atoms with Crippen LogP contribution in [0.3, 0.4) is 0 Å².